The summed E-state index contributed by atoms with van der Waals surface area (Å²) in [5, 5.41) is 3.30. The second-order valence-corrected chi connectivity index (χ2v) is 5.67. The summed E-state index contributed by atoms with van der Waals surface area (Å²) in [6, 6.07) is 0.753. The van der Waals surface area contributed by atoms with E-state index in [1.54, 1.807) is 7.11 Å². The predicted molar refractivity (Wildman–Crippen MR) is 79.8 cm³/mol. The minimum absolute atomic E-state index is 0.135. The Labute approximate surface area is 123 Å². The minimum atomic E-state index is -0.209. The third-order valence-corrected chi connectivity index (χ3v) is 3.46. The Hall–Kier alpha value is -0.650. The van der Waals surface area contributed by atoms with Gasteiger partial charge in [-0.05, 0) is 26.2 Å². The molecule has 0 aromatic heterocycles. The molecule has 0 radical (unpaired) electrons. The maximum atomic E-state index is 12.0. The molecule has 1 aliphatic carbocycles. The summed E-state index contributed by atoms with van der Waals surface area (Å²) < 4.78 is 10.3. The monoisotopic (exact) mass is 286 g/mol. The second-order valence-electron chi connectivity index (χ2n) is 5.67. The second kappa shape index (κ2) is 9.32. The summed E-state index contributed by atoms with van der Waals surface area (Å²) in [5.74, 6) is -0.135. The number of carbonyl (C=O) groups is 1. The van der Waals surface area contributed by atoms with Gasteiger partial charge in [-0.15, -0.1) is 0 Å². The normalized spacial score (nSPS) is 16.7. The molecule has 5 heteroatoms. The van der Waals surface area contributed by atoms with Crippen LogP contribution in [0.2, 0.25) is 0 Å². The number of rotatable bonds is 11. The molecule has 0 spiro atoms. The Morgan fingerprint density at radius 2 is 2.05 bits per heavy atom. The Bertz CT molecular complexity index is 280. The smallest absolute Gasteiger partial charge is 0.323 e. The maximum absolute atomic E-state index is 12.0. The third kappa shape index (κ3) is 6.68. The van der Waals surface area contributed by atoms with Crippen LogP contribution in [0.25, 0.3) is 0 Å². The zero-order valence-corrected chi connectivity index (χ0v) is 13.4. The Kier molecular flexibility index (Phi) is 8.11. The molecule has 118 valence electrons. The molecule has 0 bridgehead atoms. The van der Waals surface area contributed by atoms with Gasteiger partial charge in [-0.3, -0.25) is 9.69 Å². The summed E-state index contributed by atoms with van der Waals surface area (Å²) in [5.41, 5.74) is 0. The quantitative estimate of drug-likeness (QED) is 0.582. The highest BCUT2D eigenvalue weighted by atomic mass is 16.5. The highest BCUT2D eigenvalue weighted by Crippen LogP contribution is 2.26. The van der Waals surface area contributed by atoms with E-state index in [2.05, 4.69) is 24.1 Å². The highest BCUT2D eigenvalue weighted by molar-refractivity contribution is 5.75. The molecule has 5 nitrogen and oxygen atoms in total. The van der Waals surface area contributed by atoms with Crippen molar-refractivity contribution in [3.8, 4) is 0 Å². The molecule has 1 atom stereocenters. The number of methoxy groups -OCH3 is 1. The van der Waals surface area contributed by atoms with Crippen LogP contribution >= 0.6 is 0 Å². The topological polar surface area (TPSA) is 50.8 Å². The molecule has 0 aromatic rings. The van der Waals surface area contributed by atoms with Gasteiger partial charge in [0.2, 0.25) is 0 Å². The standard InChI is InChI=1S/C15H30N2O3/c1-5-20-15(18)14(16-12(2)3)8-9-17(10-11-19-4)13-6-7-13/h12-14,16H,5-11H2,1-4H3. The lowest BCUT2D eigenvalue weighted by atomic mass is 10.1. The summed E-state index contributed by atoms with van der Waals surface area (Å²) >= 11 is 0. The van der Waals surface area contributed by atoms with Crippen molar-refractivity contribution in [2.45, 2.75) is 58.2 Å². The molecule has 0 aliphatic heterocycles. The molecule has 20 heavy (non-hydrogen) atoms. The van der Waals surface area contributed by atoms with Gasteiger partial charge in [-0.2, -0.15) is 0 Å². The van der Waals surface area contributed by atoms with Crippen molar-refractivity contribution >= 4 is 5.97 Å². The first-order valence-electron chi connectivity index (χ1n) is 7.74. The van der Waals surface area contributed by atoms with Crippen LogP contribution in [0.1, 0.15) is 40.0 Å². The molecular formula is C15H30N2O3. The molecule has 1 aliphatic rings. The van der Waals surface area contributed by atoms with E-state index in [1.165, 1.54) is 12.8 Å². The lowest BCUT2D eigenvalue weighted by Gasteiger charge is -2.25. The van der Waals surface area contributed by atoms with E-state index in [0.717, 1.165) is 26.1 Å². The number of hydrogen-bond acceptors (Lipinski definition) is 5. The first-order chi connectivity index (χ1) is 9.58. The Morgan fingerprint density at radius 1 is 1.35 bits per heavy atom. The van der Waals surface area contributed by atoms with Crippen molar-refractivity contribution in [3.63, 3.8) is 0 Å². The molecule has 0 saturated heterocycles. The van der Waals surface area contributed by atoms with Gasteiger partial charge < -0.3 is 14.8 Å². The average Bonchev–Trinajstić information content (AvgIpc) is 3.21. The van der Waals surface area contributed by atoms with Crippen molar-refractivity contribution in [3.05, 3.63) is 0 Å². The van der Waals surface area contributed by atoms with Crippen LogP contribution in [0.4, 0.5) is 0 Å². The number of nitrogens with one attached hydrogen (secondary N) is 1. The zero-order valence-electron chi connectivity index (χ0n) is 13.4. The number of esters is 1. The van der Waals surface area contributed by atoms with Crippen LogP contribution in [0.3, 0.4) is 0 Å². The van der Waals surface area contributed by atoms with E-state index in [1.807, 2.05) is 6.92 Å². The number of ether oxygens (including phenoxy) is 2. The Morgan fingerprint density at radius 3 is 2.55 bits per heavy atom. The average molecular weight is 286 g/mol. The lowest BCUT2D eigenvalue weighted by Crippen LogP contribution is -2.44. The van der Waals surface area contributed by atoms with Crippen LogP contribution in [-0.4, -0.2) is 62.4 Å². The SMILES string of the molecule is CCOC(=O)C(CCN(CCOC)C1CC1)NC(C)C. The van der Waals surface area contributed by atoms with Crippen molar-refractivity contribution in [1.82, 2.24) is 10.2 Å². The van der Waals surface area contributed by atoms with E-state index in [9.17, 15) is 4.79 Å². The molecule has 0 heterocycles. The Balaban J connectivity index is 2.43. The van der Waals surface area contributed by atoms with E-state index in [-0.39, 0.29) is 18.1 Å². The van der Waals surface area contributed by atoms with E-state index in [0.29, 0.717) is 12.6 Å². The predicted octanol–water partition coefficient (Wildman–Crippen LogP) is 1.42. The summed E-state index contributed by atoms with van der Waals surface area (Å²) in [6.07, 6.45) is 3.33. The fraction of sp³-hybridized carbons (Fsp3) is 0.933. The molecule has 1 unspecified atom stereocenters. The zero-order chi connectivity index (χ0) is 15.0. The molecule has 0 amide bonds. The van der Waals surface area contributed by atoms with Gasteiger partial charge in [0.05, 0.1) is 13.2 Å². The fourth-order valence-electron chi connectivity index (χ4n) is 2.33. The van der Waals surface area contributed by atoms with E-state index >= 15 is 0 Å². The number of hydrogen-bond donors (Lipinski definition) is 1. The first kappa shape index (κ1) is 17.4. The largest absolute Gasteiger partial charge is 0.465 e. The maximum Gasteiger partial charge on any atom is 0.323 e. The van der Waals surface area contributed by atoms with Crippen LogP contribution in [0.15, 0.2) is 0 Å². The molecule has 1 N–H and O–H groups in total. The highest BCUT2D eigenvalue weighted by Gasteiger charge is 2.30. The van der Waals surface area contributed by atoms with Gasteiger partial charge in [0.1, 0.15) is 6.04 Å². The molecule has 0 aromatic carbocycles. The van der Waals surface area contributed by atoms with Crippen LogP contribution in [0.5, 0.6) is 0 Å². The van der Waals surface area contributed by atoms with Gasteiger partial charge >= 0.3 is 5.97 Å². The van der Waals surface area contributed by atoms with Gasteiger partial charge in [0.15, 0.2) is 0 Å². The van der Waals surface area contributed by atoms with Gasteiger partial charge in [0.25, 0.3) is 0 Å². The number of nitrogens with zero attached hydrogens (tertiary/aromatic N) is 1. The molecule has 1 saturated carbocycles. The van der Waals surface area contributed by atoms with Gasteiger partial charge in [-0.25, -0.2) is 0 Å². The van der Waals surface area contributed by atoms with Crippen molar-refractivity contribution in [2.75, 3.05) is 33.4 Å². The van der Waals surface area contributed by atoms with Crippen LogP contribution < -0.4 is 5.32 Å². The van der Waals surface area contributed by atoms with Crippen molar-refractivity contribution in [1.29, 1.82) is 0 Å². The fourth-order valence-corrected chi connectivity index (χ4v) is 2.33. The lowest BCUT2D eigenvalue weighted by molar-refractivity contribution is -0.146. The third-order valence-electron chi connectivity index (χ3n) is 3.46. The first-order valence-corrected chi connectivity index (χ1v) is 7.74. The van der Waals surface area contributed by atoms with Gasteiger partial charge in [0, 0.05) is 32.3 Å². The summed E-state index contributed by atoms with van der Waals surface area (Å²) in [4.78, 5) is 14.4. The minimum Gasteiger partial charge on any atom is -0.465 e. The van der Waals surface area contributed by atoms with Crippen molar-refractivity contribution in [2.24, 2.45) is 0 Å². The molecular weight excluding hydrogens is 256 g/mol. The van der Waals surface area contributed by atoms with Gasteiger partial charge in [-0.1, -0.05) is 13.8 Å². The van der Waals surface area contributed by atoms with E-state index < -0.39 is 0 Å². The number of carbonyl (C=O) groups excluding carboxylic acids is 1. The van der Waals surface area contributed by atoms with E-state index in [4.69, 9.17) is 9.47 Å². The summed E-state index contributed by atoms with van der Waals surface area (Å²) in [6.45, 7) is 8.99. The molecule has 1 rings (SSSR count). The summed E-state index contributed by atoms with van der Waals surface area (Å²) in [7, 11) is 1.73. The van der Waals surface area contributed by atoms with Crippen LogP contribution in [-0.2, 0) is 14.3 Å². The van der Waals surface area contributed by atoms with Crippen LogP contribution in [0, 0.1) is 0 Å². The van der Waals surface area contributed by atoms with Crippen molar-refractivity contribution < 1.29 is 14.3 Å². The molecule has 1 fully saturated rings.